The van der Waals surface area contributed by atoms with Gasteiger partial charge in [0.2, 0.25) is 0 Å². The number of hydrogen-bond acceptors (Lipinski definition) is 13. The van der Waals surface area contributed by atoms with Crippen molar-refractivity contribution >= 4 is 23.9 Å². The second kappa shape index (κ2) is 16.5. The molecule has 14 nitrogen and oxygen atoms in total. The van der Waals surface area contributed by atoms with Crippen LogP contribution in [0, 0.1) is 0 Å². The van der Waals surface area contributed by atoms with Crippen molar-refractivity contribution in [3.05, 3.63) is 0 Å². The van der Waals surface area contributed by atoms with Crippen LogP contribution in [0.2, 0.25) is 0 Å². The van der Waals surface area contributed by atoms with Gasteiger partial charge in [0.15, 0.2) is 0 Å². The molecule has 0 amide bonds. The minimum atomic E-state index is -1.06. The van der Waals surface area contributed by atoms with E-state index in [2.05, 4.69) is 5.32 Å². The van der Waals surface area contributed by atoms with E-state index in [4.69, 9.17) is 14.2 Å². The molecule has 2 aliphatic heterocycles. The van der Waals surface area contributed by atoms with Crippen LogP contribution >= 0.6 is 0 Å². The molecule has 0 aromatic rings. The van der Waals surface area contributed by atoms with E-state index < -0.39 is 52.9 Å². The van der Waals surface area contributed by atoms with Crippen LogP contribution in [0.3, 0.4) is 0 Å². The number of β-amino-alcohol motifs (C(OH)–C–C–N with tert-alkyl or cyclic N) is 1. The van der Waals surface area contributed by atoms with Crippen LogP contribution in [0.25, 0.3) is 0 Å². The minimum Gasteiger partial charge on any atom is -0.480 e. The minimum absolute atomic E-state index is 0.00395. The van der Waals surface area contributed by atoms with Crippen LogP contribution in [0.4, 0.5) is 0 Å². The van der Waals surface area contributed by atoms with Crippen molar-refractivity contribution in [3.8, 4) is 0 Å². The fourth-order valence-corrected chi connectivity index (χ4v) is 5.39. The van der Waals surface area contributed by atoms with Crippen LogP contribution in [0.15, 0.2) is 0 Å². The predicted octanol–water partition coefficient (Wildman–Crippen LogP) is 0.0190. The Morgan fingerprint density at radius 1 is 0.622 bits per heavy atom. The van der Waals surface area contributed by atoms with Gasteiger partial charge in [-0.2, -0.15) is 0 Å². The van der Waals surface area contributed by atoms with E-state index in [-0.39, 0.29) is 32.1 Å². The number of nitrogens with one attached hydrogen (secondary N) is 1. The van der Waals surface area contributed by atoms with Crippen molar-refractivity contribution in [2.45, 2.75) is 97.3 Å². The van der Waals surface area contributed by atoms with Gasteiger partial charge >= 0.3 is 23.9 Å². The van der Waals surface area contributed by atoms with Crippen LogP contribution in [-0.4, -0.2) is 167 Å². The first-order valence-electron chi connectivity index (χ1n) is 15.8. The zero-order chi connectivity index (χ0) is 34.2. The van der Waals surface area contributed by atoms with E-state index >= 15 is 0 Å². The van der Waals surface area contributed by atoms with Gasteiger partial charge < -0.3 is 29.7 Å². The maximum atomic E-state index is 12.9. The summed E-state index contributed by atoms with van der Waals surface area (Å²) in [4.78, 5) is 58.3. The van der Waals surface area contributed by atoms with Gasteiger partial charge in [-0.05, 0) is 62.3 Å². The number of esters is 3. The topological polar surface area (TPSA) is 161 Å². The summed E-state index contributed by atoms with van der Waals surface area (Å²) in [6.07, 6.45) is -0.915. The molecule has 2 aliphatic rings. The molecule has 2 rings (SSSR count). The molecule has 0 radical (unpaired) electrons. The molecule has 14 heteroatoms. The first-order chi connectivity index (χ1) is 20.6. The quantitative estimate of drug-likeness (QED) is 0.240. The van der Waals surface area contributed by atoms with E-state index in [9.17, 15) is 29.4 Å². The second-order valence-corrected chi connectivity index (χ2v) is 14.9. The number of aliphatic hydroxyl groups excluding tert-OH is 1. The molecule has 0 aromatic carbocycles. The second-order valence-electron chi connectivity index (χ2n) is 14.9. The third-order valence-corrected chi connectivity index (χ3v) is 7.16. The standard InChI is InChI=1S/C31H57N5O9/c1-29(2,3)43-23(38)19-33-10-12-34(20-24(39)44-30(4,5)6)14-16-36(27-22(37)18-32-26(27)28(41)42)17-15-35(13-11-33)21-25(40)45-31(7,8)9/h22,26-27,32,37H,10-21H2,1-9H3,(H,41,42)/t22-,26+,27+/m0/s1. The Kier molecular flexibility index (Phi) is 14.2. The largest absolute Gasteiger partial charge is 0.480 e. The number of nitrogens with zero attached hydrogens (tertiary/aromatic N) is 4. The van der Waals surface area contributed by atoms with E-state index in [1.54, 1.807) is 41.5 Å². The first-order valence-corrected chi connectivity index (χ1v) is 15.8. The average molecular weight is 644 g/mol. The molecule has 0 saturated carbocycles. The van der Waals surface area contributed by atoms with Gasteiger partial charge in [-0.1, -0.05) is 0 Å². The van der Waals surface area contributed by atoms with Gasteiger partial charge in [-0.3, -0.25) is 38.8 Å². The number of hydrogen-bond donors (Lipinski definition) is 3. The van der Waals surface area contributed by atoms with E-state index in [1.165, 1.54) is 0 Å². The highest BCUT2D eigenvalue weighted by Gasteiger charge is 2.43. The smallest absolute Gasteiger partial charge is 0.322 e. The fraction of sp³-hybridized carbons (Fsp3) is 0.871. The number of aliphatic hydroxyl groups is 1. The molecular weight excluding hydrogens is 586 g/mol. The van der Waals surface area contributed by atoms with Crippen molar-refractivity contribution in [2.75, 3.05) is 78.5 Å². The highest BCUT2D eigenvalue weighted by Crippen LogP contribution is 2.18. The Morgan fingerprint density at radius 3 is 1.22 bits per heavy atom. The van der Waals surface area contributed by atoms with Crippen molar-refractivity contribution in [1.82, 2.24) is 24.9 Å². The molecule has 0 unspecified atom stereocenters. The Hall–Kier alpha value is -2.36. The predicted molar refractivity (Wildman–Crippen MR) is 168 cm³/mol. The maximum absolute atomic E-state index is 12.9. The zero-order valence-corrected chi connectivity index (χ0v) is 28.8. The average Bonchev–Trinajstić information content (AvgIpc) is 3.22. The number of aliphatic carboxylic acids is 1. The third-order valence-electron chi connectivity index (χ3n) is 7.16. The highest BCUT2D eigenvalue weighted by molar-refractivity contribution is 5.75. The molecule has 2 heterocycles. The lowest BCUT2D eigenvalue weighted by atomic mass is 10.1. The molecule has 2 saturated heterocycles. The summed E-state index contributed by atoms with van der Waals surface area (Å²) in [6.45, 7) is 19.5. The van der Waals surface area contributed by atoms with Crippen LogP contribution < -0.4 is 5.32 Å². The van der Waals surface area contributed by atoms with Crippen LogP contribution in [-0.2, 0) is 33.4 Å². The van der Waals surface area contributed by atoms with Crippen LogP contribution in [0.1, 0.15) is 62.3 Å². The number of carboxylic acids is 1. The van der Waals surface area contributed by atoms with E-state index in [1.807, 2.05) is 40.4 Å². The molecule has 2 fully saturated rings. The molecule has 0 spiro atoms. The Morgan fingerprint density at radius 2 is 0.933 bits per heavy atom. The zero-order valence-electron chi connectivity index (χ0n) is 28.8. The molecule has 0 bridgehead atoms. The maximum Gasteiger partial charge on any atom is 0.322 e. The van der Waals surface area contributed by atoms with Gasteiger partial charge in [-0.25, -0.2) is 0 Å². The summed E-state index contributed by atoms with van der Waals surface area (Å²) in [6, 6.07) is -1.68. The molecule has 260 valence electrons. The monoisotopic (exact) mass is 643 g/mol. The lowest BCUT2D eigenvalue weighted by Gasteiger charge is -2.38. The summed E-state index contributed by atoms with van der Waals surface area (Å²) in [5.41, 5.74) is -1.97. The van der Waals surface area contributed by atoms with Gasteiger partial charge in [-0.15, -0.1) is 0 Å². The third kappa shape index (κ3) is 15.2. The number of carbonyl (C=O) groups is 4. The van der Waals surface area contributed by atoms with Crippen molar-refractivity contribution in [2.24, 2.45) is 0 Å². The van der Waals surface area contributed by atoms with E-state index in [0.29, 0.717) is 52.4 Å². The van der Waals surface area contributed by atoms with Crippen molar-refractivity contribution < 1.29 is 43.6 Å². The lowest BCUT2D eigenvalue weighted by molar-refractivity contribution is -0.158. The van der Waals surface area contributed by atoms with Crippen molar-refractivity contribution in [1.29, 1.82) is 0 Å². The number of carboxylic acid groups (broad SMARTS) is 1. The number of rotatable bonds is 8. The first kappa shape index (κ1) is 38.8. The fourth-order valence-electron chi connectivity index (χ4n) is 5.39. The van der Waals surface area contributed by atoms with Gasteiger partial charge in [0.25, 0.3) is 0 Å². The van der Waals surface area contributed by atoms with Gasteiger partial charge in [0.1, 0.15) is 22.8 Å². The molecule has 0 aliphatic carbocycles. The number of carbonyl (C=O) groups excluding carboxylic acids is 3. The number of ether oxygens (including phenoxy) is 3. The Bertz CT molecular complexity index is 959. The molecule has 3 atom stereocenters. The molecule has 45 heavy (non-hydrogen) atoms. The van der Waals surface area contributed by atoms with Crippen molar-refractivity contribution in [3.63, 3.8) is 0 Å². The van der Waals surface area contributed by atoms with Gasteiger partial charge in [0.05, 0.1) is 31.8 Å². The molecule has 3 N–H and O–H groups in total. The summed E-state index contributed by atoms with van der Waals surface area (Å²) in [7, 11) is 0. The molecule has 0 aromatic heterocycles. The Labute approximate surface area is 268 Å². The summed E-state index contributed by atoms with van der Waals surface area (Å²) in [5, 5.41) is 23.6. The Balaban J connectivity index is 2.36. The van der Waals surface area contributed by atoms with Gasteiger partial charge in [0, 0.05) is 58.9 Å². The van der Waals surface area contributed by atoms with E-state index in [0.717, 1.165) is 0 Å². The SMILES string of the molecule is CC(C)(C)OC(=O)CN1CCN(CC(=O)OC(C)(C)C)CCN([C@@H]2[C@@H](O)CN[C@H]2C(=O)O)CCN(CC(=O)OC(C)(C)C)CC1. The normalized spacial score (nSPS) is 24.4. The summed E-state index contributed by atoms with van der Waals surface area (Å²) >= 11 is 0. The highest BCUT2D eigenvalue weighted by atomic mass is 16.6. The lowest BCUT2D eigenvalue weighted by Crippen LogP contribution is -2.56. The van der Waals surface area contributed by atoms with Crippen LogP contribution in [0.5, 0.6) is 0 Å². The summed E-state index contributed by atoms with van der Waals surface area (Å²) in [5.74, 6) is -2.22. The summed E-state index contributed by atoms with van der Waals surface area (Å²) < 4.78 is 16.7. The molecular formula is C31H57N5O9.